The molecule has 0 radical (unpaired) electrons. The van der Waals surface area contributed by atoms with Gasteiger partial charge in [0.15, 0.2) is 0 Å². The first-order chi connectivity index (χ1) is 14.6. The van der Waals surface area contributed by atoms with E-state index >= 15 is 0 Å². The topological polar surface area (TPSA) is 67.9 Å². The highest BCUT2D eigenvalue weighted by Crippen LogP contribution is 2.17. The number of ether oxygens (including phenoxy) is 2. The summed E-state index contributed by atoms with van der Waals surface area (Å²) in [5.41, 5.74) is 2.00. The van der Waals surface area contributed by atoms with Crippen LogP contribution in [-0.4, -0.2) is 42.6 Å². The van der Waals surface area contributed by atoms with E-state index in [1.54, 1.807) is 24.0 Å². The normalized spacial score (nSPS) is 16.3. The molecule has 1 unspecified atom stereocenters. The second-order valence-corrected chi connectivity index (χ2v) is 7.17. The van der Waals surface area contributed by atoms with Crippen LogP contribution in [0.15, 0.2) is 60.7 Å². The average Bonchev–Trinajstić information content (AvgIpc) is 2.77. The van der Waals surface area contributed by atoms with Crippen LogP contribution in [0.5, 0.6) is 5.75 Å². The molecule has 1 N–H and O–H groups in total. The maximum absolute atomic E-state index is 12.6. The average molecular weight is 408 g/mol. The number of amides is 2. The van der Waals surface area contributed by atoms with Crippen molar-refractivity contribution in [1.29, 1.82) is 0 Å². The van der Waals surface area contributed by atoms with Crippen molar-refractivity contribution in [3.8, 4) is 5.75 Å². The van der Waals surface area contributed by atoms with Crippen LogP contribution in [0.25, 0.3) is 6.08 Å². The number of hydrogen-bond acceptors (Lipinski definition) is 4. The minimum atomic E-state index is -0.431. The van der Waals surface area contributed by atoms with Crippen LogP contribution in [0.4, 0.5) is 4.79 Å². The second kappa shape index (κ2) is 11.0. The maximum Gasteiger partial charge on any atom is 0.407 e. The Labute approximate surface area is 177 Å². The van der Waals surface area contributed by atoms with Gasteiger partial charge in [0.2, 0.25) is 5.91 Å². The van der Waals surface area contributed by atoms with Crippen LogP contribution in [0, 0.1) is 0 Å². The van der Waals surface area contributed by atoms with Gasteiger partial charge in [-0.05, 0) is 49.1 Å². The van der Waals surface area contributed by atoms with E-state index in [1.807, 2.05) is 54.6 Å². The molecule has 1 atom stereocenters. The predicted octanol–water partition coefficient (Wildman–Crippen LogP) is 4.02. The summed E-state index contributed by atoms with van der Waals surface area (Å²) in [4.78, 5) is 26.0. The molecule has 1 fully saturated rings. The highest BCUT2D eigenvalue weighted by molar-refractivity contribution is 5.92. The molecule has 158 valence electrons. The smallest absolute Gasteiger partial charge is 0.407 e. The SMILES string of the molecule is CCOC(=O)NC1CCCN(C(=O)C=Cc2cccc(OCc3ccccc3)c2)C1. The van der Waals surface area contributed by atoms with Gasteiger partial charge < -0.3 is 19.7 Å². The molecular weight excluding hydrogens is 380 g/mol. The summed E-state index contributed by atoms with van der Waals surface area (Å²) >= 11 is 0. The minimum Gasteiger partial charge on any atom is -0.489 e. The first-order valence-electron chi connectivity index (χ1n) is 10.3. The Morgan fingerprint density at radius 3 is 2.80 bits per heavy atom. The fourth-order valence-corrected chi connectivity index (χ4v) is 3.36. The second-order valence-electron chi connectivity index (χ2n) is 7.17. The van der Waals surface area contributed by atoms with E-state index in [-0.39, 0.29) is 11.9 Å². The lowest BCUT2D eigenvalue weighted by Crippen LogP contribution is -2.49. The summed E-state index contributed by atoms with van der Waals surface area (Å²) in [6.07, 6.45) is 4.62. The molecule has 2 amide bonds. The van der Waals surface area contributed by atoms with Gasteiger partial charge in [0.1, 0.15) is 12.4 Å². The molecule has 1 heterocycles. The van der Waals surface area contributed by atoms with Crippen molar-refractivity contribution in [1.82, 2.24) is 10.2 Å². The Morgan fingerprint density at radius 1 is 1.17 bits per heavy atom. The number of nitrogens with zero attached hydrogens (tertiary/aromatic N) is 1. The molecule has 0 aliphatic carbocycles. The molecule has 0 saturated carbocycles. The zero-order valence-corrected chi connectivity index (χ0v) is 17.3. The van der Waals surface area contributed by atoms with Gasteiger partial charge in [-0.1, -0.05) is 42.5 Å². The molecule has 2 aromatic rings. The van der Waals surface area contributed by atoms with Gasteiger partial charge in [0.25, 0.3) is 0 Å². The van der Waals surface area contributed by atoms with E-state index in [9.17, 15) is 9.59 Å². The summed E-state index contributed by atoms with van der Waals surface area (Å²) in [6, 6.07) is 17.6. The Bertz CT molecular complexity index is 867. The van der Waals surface area contributed by atoms with Gasteiger partial charge in [0.05, 0.1) is 6.61 Å². The van der Waals surface area contributed by atoms with E-state index in [4.69, 9.17) is 9.47 Å². The van der Waals surface area contributed by atoms with Crippen molar-refractivity contribution in [3.63, 3.8) is 0 Å². The Balaban J connectivity index is 1.53. The standard InChI is InChI=1S/C24H28N2O4/c1-2-29-24(28)25-21-11-7-15-26(17-21)23(27)14-13-19-10-6-12-22(16-19)30-18-20-8-4-3-5-9-20/h3-6,8-10,12-14,16,21H,2,7,11,15,17-18H2,1H3,(H,25,28). The van der Waals surface area contributed by atoms with Gasteiger partial charge in [-0.2, -0.15) is 0 Å². The molecule has 6 heteroatoms. The van der Waals surface area contributed by atoms with Crippen LogP contribution >= 0.6 is 0 Å². The van der Waals surface area contributed by atoms with Crippen molar-refractivity contribution >= 4 is 18.1 Å². The highest BCUT2D eigenvalue weighted by atomic mass is 16.5. The Kier molecular flexibility index (Phi) is 7.89. The molecule has 1 aliphatic rings. The highest BCUT2D eigenvalue weighted by Gasteiger charge is 2.23. The lowest BCUT2D eigenvalue weighted by atomic mass is 10.1. The van der Waals surface area contributed by atoms with Gasteiger partial charge >= 0.3 is 6.09 Å². The number of likely N-dealkylation sites (tertiary alicyclic amines) is 1. The number of benzene rings is 2. The third-order valence-corrected chi connectivity index (χ3v) is 4.86. The first-order valence-corrected chi connectivity index (χ1v) is 10.3. The summed E-state index contributed by atoms with van der Waals surface area (Å²) in [5.74, 6) is 0.686. The van der Waals surface area contributed by atoms with E-state index in [0.29, 0.717) is 26.3 Å². The number of carbonyl (C=O) groups is 2. The number of alkyl carbamates (subject to hydrolysis) is 1. The Hall–Kier alpha value is -3.28. The number of piperidine rings is 1. The van der Waals surface area contributed by atoms with Crippen LogP contribution < -0.4 is 10.1 Å². The Morgan fingerprint density at radius 2 is 2.00 bits per heavy atom. The third-order valence-electron chi connectivity index (χ3n) is 4.86. The predicted molar refractivity (Wildman–Crippen MR) is 116 cm³/mol. The maximum atomic E-state index is 12.6. The number of hydrogen-bond donors (Lipinski definition) is 1. The zero-order chi connectivity index (χ0) is 21.2. The van der Waals surface area contributed by atoms with E-state index in [0.717, 1.165) is 29.7 Å². The van der Waals surface area contributed by atoms with Crippen molar-refractivity contribution in [3.05, 3.63) is 71.8 Å². The summed E-state index contributed by atoms with van der Waals surface area (Å²) in [5, 5.41) is 2.82. The van der Waals surface area contributed by atoms with Gasteiger partial charge in [0, 0.05) is 25.2 Å². The molecule has 0 spiro atoms. The van der Waals surface area contributed by atoms with Crippen molar-refractivity contribution in [2.24, 2.45) is 0 Å². The molecule has 2 aromatic carbocycles. The van der Waals surface area contributed by atoms with E-state index in [1.165, 1.54) is 0 Å². The largest absolute Gasteiger partial charge is 0.489 e. The quantitative estimate of drug-likeness (QED) is 0.703. The van der Waals surface area contributed by atoms with E-state index in [2.05, 4.69) is 5.32 Å². The van der Waals surface area contributed by atoms with Crippen molar-refractivity contribution < 1.29 is 19.1 Å². The fraction of sp³-hybridized carbons (Fsp3) is 0.333. The minimum absolute atomic E-state index is 0.0686. The summed E-state index contributed by atoms with van der Waals surface area (Å²) in [6.45, 7) is 3.77. The molecule has 1 saturated heterocycles. The molecule has 0 aromatic heterocycles. The van der Waals surface area contributed by atoms with Gasteiger partial charge in [-0.25, -0.2) is 4.79 Å². The molecular formula is C24H28N2O4. The van der Waals surface area contributed by atoms with Crippen molar-refractivity contribution in [2.75, 3.05) is 19.7 Å². The molecule has 6 nitrogen and oxygen atoms in total. The van der Waals surface area contributed by atoms with E-state index < -0.39 is 6.09 Å². The van der Waals surface area contributed by atoms with Crippen LogP contribution in [-0.2, 0) is 16.1 Å². The van der Waals surface area contributed by atoms with Crippen LogP contribution in [0.3, 0.4) is 0 Å². The molecule has 0 bridgehead atoms. The fourth-order valence-electron chi connectivity index (χ4n) is 3.36. The van der Waals surface area contributed by atoms with Crippen LogP contribution in [0.2, 0.25) is 0 Å². The van der Waals surface area contributed by atoms with Crippen LogP contribution in [0.1, 0.15) is 30.9 Å². The summed E-state index contributed by atoms with van der Waals surface area (Å²) < 4.78 is 10.8. The number of carbonyl (C=O) groups excluding carboxylic acids is 2. The van der Waals surface area contributed by atoms with Crippen molar-refractivity contribution in [2.45, 2.75) is 32.4 Å². The number of rotatable bonds is 7. The molecule has 3 rings (SSSR count). The monoisotopic (exact) mass is 408 g/mol. The first kappa shape index (κ1) is 21.4. The lowest BCUT2D eigenvalue weighted by molar-refractivity contribution is -0.127. The molecule has 1 aliphatic heterocycles. The lowest BCUT2D eigenvalue weighted by Gasteiger charge is -2.32. The number of nitrogens with one attached hydrogen (secondary N) is 1. The molecule has 30 heavy (non-hydrogen) atoms. The van der Waals surface area contributed by atoms with Gasteiger partial charge in [-0.15, -0.1) is 0 Å². The van der Waals surface area contributed by atoms with Gasteiger partial charge in [-0.3, -0.25) is 4.79 Å². The summed E-state index contributed by atoms with van der Waals surface area (Å²) in [7, 11) is 0. The third kappa shape index (κ3) is 6.65. The zero-order valence-electron chi connectivity index (χ0n) is 17.3.